The molecule has 1 unspecified atom stereocenters. The number of halogens is 1. The molecule has 1 aromatic rings. The Morgan fingerprint density at radius 2 is 2.05 bits per heavy atom. The van der Waals surface area contributed by atoms with Gasteiger partial charge in [0.15, 0.2) is 0 Å². The lowest BCUT2D eigenvalue weighted by molar-refractivity contribution is 0.259. The molecular weight excluding hydrogens is 282 g/mol. The molecule has 21 heavy (non-hydrogen) atoms. The van der Waals surface area contributed by atoms with E-state index >= 15 is 0 Å². The Kier molecular flexibility index (Phi) is 6.12. The lowest BCUT2D eigenvalue weighted by atomic mass is 9.85. The second kappa shape index (κ2) is 7.64. The zero-order valence-electron chi connectivity index (χ0n) is 13.7. The second-order valence-electron chi connectivity index (χ2n) is 7.36. The summed E-state index contributed by atoms with van der Waals surface area (Å²) in [4.78, 5) is 0. The van der Waals surface area contributed by atoms with E-state index in [0.717, 1.165) is 18.7 Å². The standard InChI is InChI=1S/C17H30ClN3/c1-17(2,3)16(9-11-18)19-13-14-10-12-21(20-14)15-7-5-4-6-8-15/h10,12,15-16,19H,4-9,11,13H2,1-3H3. The van der Waals surface area contributed by atoms with E-state index in [1.807, 2.05) is 0 Å². The number of aromatic nitrogens is 2. The van der Waals surface area contributed by atoms with Crippen LogP contribution in [0, 0.1) is 5.41 Å². The number of rotatable bonds is 6. The largest absolute Gasteiger partial charge is 0.308 e. The van der Waals surface area contributed by atoms with Crippen molar-refractivity contribution in [2.45, 2.75) is 77.9 Å². The van der Waals surface area contributed by atoms with Crippen LogP contribution in [-0.2, 0) is 6.54 Å². The maximum atomic E-state index is 5.93. The summed E-state index contributed by atoms with van der Waals surface area (Å²) in [6.45, 7) is 7.62. The molecule has 0 radical (unpaired) electrons. The minimum Gasteiger partial charge on any atom is -0.308 e. The first-order valence-electron chi connectivity index (χ1n) is 8.34. The van der Waals surface area contributed by atoms with Gasteiger partial charge in [-0.3, -0.25) is 4.68 Å². The average Bonchev–Trinajstić information content (AvgIpc) is 2.92. The molecule has 0 spiro atoms. The molecule has 1 atom stereocenters. The molecule has 0 saturated heterocycles. The quantitative estimate of drug-likeness (QED) is 0.783. The van der Waals surface area contributed by atoms with Crippen LogP contribution in [0.15, 0.2) is 12.3 Å². The number of hydrogen-bond donors (Lipinski definition) is 1. The van der Waals surface area contributed by atoms with Gasteiger partial charge in [0.25, 0.3) is 0 Å². The molecule has 1 aliphatic rings. The van der Waals surface area contributed by atoms with Crippen LogP contribution in [0.4, 0.5) is 0 Å². The highest BCUT2D eigenvalue weighted by Gasteiger charge is 2.23. The third-order valence-corrected chi connectivity index (χ3v) is 4.80. The van der Waals surface area contributed by atoms with E-state index in [2.05, 4.69) is 43.0 Å². The summed E-state index contributed by atoms with van der Waals surface area (Å²) >= 11 is 5.93. The van der Waals surface area contributed by atoms with Crippen LogP contribution in [0.2, 0.25) is 0 Å². The Bertz CT molecular complexity index is 416. The topological polar surface area (TPSA) is 29.9 Å². The third-order valence-electron chi connectivity index (χ3n) is 4.59. The number of nitrogens with one attached hydrogen (secondary N) is 1. The molecular formula is C17H30ClN3. The lowest BCUT2D eigenvalue weighted by Gasteiger charge is -2.31. The highest BCUT2D eigenvalue weighted by atomic mass is 35.5. The summed E-state index contributed by atoms with van der Waals surface area (Å²) in [6.07, 6.45) is 9.80. The fourth-order valence-corrected chi connectivity index (χ4v) is 3.42. The summed E-state index contributed by atoms with van der Waals surface area (Å²) in [5.41, 5.74) is 1.37. The second-order valence-corrected chi connectivity index (χ2v) is 7.73. The van der Waals surface area contributed by atoms with Crippen molar-refractivity contribution in [3.8, 4) is 0 Å². The molecule has 1 heterocycles. The molecule has 1 aliphatic carbocycles. The zero-order chi connectivity index (χ0) is 15.3. The van der Waals surface area contributed by atoms with Crippen LogP contribution >= 0.6 is 11.6 Å². The molecule has 1 fully saturated rings. The smallest absolute Gasteiger partial charge is 0.0762 e. The van der Waals surface area contributed by atoms with Crippen LogP contribution in [0.25, 0.3) is 0 Å². The van der Waals surface area contributed by atoms with Gasteiger partial charge in [0.2, 0.25) is 0 Å². The fraction of sp³-hybridized carbons (Fsp3) is 0.824. The molecule has 0 aliphatic heterocycles. The molecule has 2 rings (SSSR count). The summed E-state index contributed by atoms with van der Waals surface area (Å²) in [6, 6.07) is 3.20. The summed E-state index contributed by atoms with van der Waals surface area (Å²) in [5, 5.41) is 8.40. The highest BCUT2D eigenvalue weighted by molar-refractivity contribution is 6.17. The zero-order valence-corrected chi connectivity index (χ0v) is 14.5. The molecule has 120 valence electrons. The molecule has 3 nitrogen and oxygen atoms in total. The number of alkyl halides is 1. The molecule has 1 saturated carbocycles. The summed E-state index contributed by atoms with van der Waals surface area (Å²) < 4.78 is 2.18. The molecule has 0 aromatic carbocycles. The molecule has 1 aromatic heterocycles. The van der Waals surface area contributed by atoms with Crippen LogP contribution in [0.5, 0.6) is 0 Å². The van der Waals surface area contributed by atoms with Crippen molar-refractivity contribution in [3.63, 3.8) is 0 Å². The normalized spacial score (nSPS) is 18.9. The maximum Gasteiger partial charge on any atom is 0.0762 e. The Hall–Kier alpha value is -0.540. The van der Waals surface area contributed by atoms with Gasteiger partial charge in [-0.15, -0.1) is 11.6 Å². The van der Waals surface area contributed by atoms with Crippen LogP contribution in [0.1, 0.15) is 71.0 Å². The van der Waals surface area contributed by atoms with Gasteiger partial charge in [0.05, 0.1) is 11.7 Å². The Morgan fingerprint density at radius 1 is 1.33 bits per heavy atom. The van der Waals surface area contributed by atoms with Gasteiger partial charge in [-0.25, -0.2) is 0 Å². The van der Waals surface area contributed by atoms with Crippen molar-refractivity contribution in [1.29, 1.82) is 0 Å². The van der Waals surface area contributed by atoms with Gasteiger partial charge in [-0.2, -0.15) is 5.10 Å². The Labute approximate surface area is 134 Å². The van der Waals surface area contributed by atoms with Crippen LogP contribution in [0.3, 0.4) is 0 Å². The fourth-order valence-electron chi connectivity index (χ4n) is 3.20. The minimum absolute atomic E-state index is 0.223. The first-order valence-corrected chi connectivity index (χ1v) is 8.87. The third kappa shape index (κ3) is 5.00. The van der Waals surface area contributed by atoms with Crippen LogP contribution in [-0.4, -0.2) is 21.7 Å². The summed E-state index contributed by atoms with van der Waals surface area (Å²) in [7, 11) is 0. The highest BCUT2D eigenvalue weighted by Crippen LogP contribution is 2.27. The SMILES string of the molecule is CC(C)(C)C(CCCl)NCc1ccn(C2CCCCC2)n1. The average molecular weight is 312 g/mol. The van der Waals surface area contributed by atoms with E-state index in [-0.39, 0.29) is 5.41 Å². The lowest BCUT2D eigenvalue weighted by Crippen LogP contribution is -2.40. The molecule has 0 bridgehead atoms. The predicted molar refractivity (Wildman–Crippen MR) is 89.8 cm³/mol. The minimum atomic E-state index is 0.223. The molecule has 1 N–H and O–H groups in total. The molecule has 4 heteroatoms. The van der Waals surface area contributed by atoms with Crippen molar-refractivity contribution in [3.05, 3.63) is 18.0 Å². The first kappa shape index (κ1) is 16.8. The van der Waals surface area contributed by atoms with E-state index in [1.165, 1.54) is 32.1 Å². The van der Waals surface area contributed by atoms with Gasteiger partial charge in [-0.1, -0.05) is 40.0 Å². The van der Waals surface area contributed by atoms with Crippen molar-refractivity contribution in [2.24, 2.45) is 5.41 Å². The Balaban J connectivity index is 1.89. The first-order chi connectivity index (χ1) is 10.0. The van der Waals surface area contributed by atoms with E-state index < -0.39 is 0 Å². The number of nitrogens with zero attached hydrogens (tertiary/aromatic N) is 2. The number of hydrogen-bond acceptors (Lipinski definition) is 2. The predicted octanol–water partition coefficient (Wildman–Crippen LogP) is 4.52. The van der Waals surface area contributed by atoms with Crippen molar-refractivity contribution in [2.75, 3.05) is 5.88 Å². The van der Waals surface area contributed by atoms with Gasteiger partial charge in [0.1, 0.15) is 0 Å². The van der Waals surface area contributed by atoms with E-state index in [1.54, 1.807) is 0 Å². The Morgan fingerprint density at radius 3 is 2.67 bits per heavy atom. The van der Waals surface area contributed by atoms with Gasteiger partial charge < -0.3 is 5.32 Å². The van der Waals surface area contributed by atoms with Gasteiger partial charge in [0, 0.05) is 24.7 Å². The van der Waals surface area contributed by atoms with Crippen LogP contribution < -0.4 is 5.32 Å². The maximum absolute atomic E-state index is 5.93. The van der Waals surface area contributed by atoms with Crippen molar-refractivity contribution < 1.29 is 0 Å². The van der Waals surface area contributed by atoms with E-state index in [9.17, 15) is 0 Å². The van der Waals surface area contributed by atoms with Crippen molar-refractivity contribution in [1.82, 2.24) is 15.1 Å². The molecule has 0 amide bonds. The van der Waals surface area contributed by atoms with E-state index in [0.29, 0.717) is 18.0 Å². The van der Waals surface area contributed by atoms with Gasteiger partial charge >= 0.3 is 0 Å². The van der Waals surface area contributed by atoms with E-state index in [4.69, 9.17) is 16.7 Å². The van der Waals surface area contributed by atoms with Gasteiger partial charge in [-0.05, 0) is 30.7 Å². The summed E-state index contributed by atoms with van der Waals surface area (Å²) in [5.74, 6) is 0.700. The monoisotopic (exact) mass is 311 g/mol. The van der Waals surface area contributed by atoms with Crippen molar-refractivity contribution >= 4 is 11.6 Å².